The number of nitro benzene ring substituents is 1. The number of carbonyl (C=O) groups is 2. The molecule has 0 saturated carbocycles. The summed E-state index contributed by atoms with van der Waals surface area (Å²) in [6.07, 6.45) is -4.06. The van der Waals surface area contributed by atoms with E-state index in [2.05, 4.69) is 20.8 Å². The van der Waals surface area contributed by atoms with Crippen LogP contribution in [0.5, 0.6) is 5.75 Å². The molecule has 1 aromatic rings. The Kier molecular flexibility index (Phi) is 9.17. The van der Waals surface area contributed by atoms with E-state index in [0.717, 1.165) is 18.1 Å². The van der Waals surface area contributed by atoms with Gasteiger partial charge in [-0.25, -0.2) is 0 Å². The molecule has 1 aromatic carbocycles. The van der Waals surface area contributed by atoms with Gasteiger partial charge in [0.15, 0.2) is 20.2 Å². The summed E-state index contributed by atoms with van der Waals surface area (Å²) in [4.78, 5) is 34.5. The molecular formula is C21H31NO9Si. The standard InChI is InChI=1S/C21H31NO9Si/c1-6-32(7-2,8-3)31-18-13-27-21(20(29-15(5)24)19(18)28-14(4)23)30-17-12-10-9-11-16(17)22(25)26/h9-12,18-21H,6-8,13H2,1-5H3/t18-,19+,20-,21-/m1/s1. The third kappa shape index (κ3) is 6.27. The van der Waals surface area contributed by atoms with Crippen molar-refractivity contribution in [3.63, 3.8) is 0 Å². The maximum Gasteiger partial charge on any atom is 0.311 e. The van der Waals surface area contributed by atoms with Crippen LogP contribution >= 0.6 is 0 Å². The van der Waals surface area contributed by atoms with Gasteiger partial charge < -0.3 is 23.4 Å². The second-order valence-corrected chi connectivity index (χ2v) is 12.3. The quantitative estimate of drug-likeness (QED) is 0.219. The maximum absolute atomic E-state index is 11.9. The average molecular weight is 470 g/mol. The molecule has 0 spiro atoms. The number of esters is 2. The van der Waals surface area contributed by atoms with Crippen molar-refractivity contribution in [1.82, 2.24) is 0 Å². The number of carbonyl (C=O) groups excluding carboxylic acids is 2. The number of hydrogen-bond donors (Lipinski definition) is 0. The molecule has 1 fully saturated rings. The van der Waals surface area contributed by atoms with Gasteiger partial charge in [0.25, 0.3) is 0 Å². The summed E-state index contributed by atoms with van der Waals surface area (Å²) >= 11 is 0. The molecule has 1 heterocycles. The van der Waals surface area contributed by atoms with Gasteiger partial charge in [-0.15, -0.1) is 0 Å². The minimum atomic E-state index is -2.13. The van der Waals surface area contributed by atoms with Crippen molar-refractivity contribution >= 4 is 25.9 Å². The first-order chi connectivity index (χ1) is 15.2. The molecule has 178 valence electrons. The smallest absolute Gasteiger partial charge is 0.311 e. The molecule has 1 aliphatic rings. The number of benzene rings is 1. The van der Waals surface area contributed by atoms with E-state index in [1.54, 1.807) is 6.07 Å². The van der Waals surface area contributed by atoms with Gasteiger partial charge in [0.05, 0.1) is 11.5 Å². The zero-order valence-corrected chi connectivity index (χ0v) is 20.1. The molecule has 1 saturated heterocycles. The first-order valence-electron chi connectivity index (χ1n) is 10.7. The molecule has 4 atom stereocenters. The molecule has 32 heavy (non-hydrogen) atoms. The van der Waals surface area contributed by atoms with Crippen molar-refractivity contribution in [2.75, 3.05) is 6.61 Å². The van der Waals surface area contributed by atoms with Gasteiger partial charge >= 0.3 is 17.6 Å². The number of rotatable bonds is 10. The zero-order chi connectivity index (χ0) is 23.9. The van der Waals surface area contributed by atoms with Gasteiger partial charge in [0.2, 0.25) is 12.4 Å². The van der Waals surface area contributed by atoms with E-state index in [0.29, 0.717) is 0 Å². The van der Waals surface area contributed by atoms with Crippen LogP contribution in [0.25, 0.3) is 0 Å². The summed E-state index contributed by atoms with van der Waals surface area (Å²) in [6.45, 7) is 8.66. The molecule has 0 aromatic heterocycles. The third-order valence-corrected chi connectivity index (χ3v) is 10.3. The van der Waals surface area contributed by atoms with Gasteiger partial charge in [-0.1, -0.05) is 32.9 Å². The Morgan fingerprint density at radius 2 is 1.62 bits per heavy atom. The Hall–Kier alpha value is -2.50. The average Bonchev–Trinajstić information content (AvgIpc) is 2.75. The fourth-order valence-corrected chi connectivity index (χ4v) is 6.60. The van der Waals surface area contributed by atoms with Crippen molar-refractivity contribution in [1.29, 1.82) is 0 Å². The minimum absolute atomic E-state index is 0.00968. The lowest BCUT2D eigenvalue weighted by molar-refractivity contribution is -0.386. The number of para-hydroxylation sites is 2. The lowest BCUT2D eigenvalue weighted by Crippen LogP contribution is -2.61. The topological polar surface area (TPSA) is 123 Å². The normalized spacial score (nSPS) is 23.3. The molecule has 0 aliphatic carbocycles. The lowest BCUT2D eigenvalue weighted by Gasteiger charge is -2.43. The first kappa shape index (κ1) is 25.8. The molecular weight excluding hydrogens is 438 g/mol. The van der Waals surface area contributed by atoms with Crippen molar-refractivity contribution in [3.8, 4) is 5.75 Å². The molecule has 0 bridgehead atoms. The summed E-state index contributed by atoms with van der Waals surface area (Å²) in [6, 6.07) is 8.36. The number of nitrogens with zero attached hydrogens (tertiary/aromatic N) is 1. The van der Waals surface area contributed by atoms with Crippen LogP contribution in [0, 0.1) is 10.1 Å². The molecule has 0 N–H and O–H groups in total. The van der Waals surface area contributed by atoms with E-state index in [1.807, 2.05) is 0 Å². The molecule has 1 aliphatic heterocycles. The van der Waals surface area contributed by atoms with Crippen LogP contribution in [-0.2, 0) is 28.2 Å². The largest absolute Gasteiger partial charge is 0.455 e. The van der Waals surface area contributed by atoms with E-state index >= 15 is 0 Å². The summed E-state index contributed by atoms with van der Waals surface area (Å²) in [5.41, 5.74) is -0.269. The molecule has 2 rings (SSSR count). The van der Waals surface area contributed by atoms with Gasteiger partial charge in [0.1, 0.15) is 6.10 Å². The summed E-state index contributed by atoms with van der Waals surface area (Å²) < 4.78 is 29.0. The SMILES string of the molecule is CC[Si](CC)(CC)O[C@@H]1CO[C@H](Oc2ccccc2[N+](=O)[O-])[C@H](OC(C)=O)[C@H]1OC(C)=O. The van der Waals surface area contributed by atoms with Crippen molar-refractivity contribution in [3.05, 3.63) is 34.4 Å². The third-order valence-electron chi connectivity index (χ3n) is 5.63. The minimum Gasteiger partial charge on any atom is -0.455 e. The highest BCUT2D eigenvalue weighted by Gasteiger charge is 2.49. The van der Waals surface area contributed by atoms with Crippen LogP contribution in [0.4, 0.5) is 5.69 Å². The highest BCUT2D eigenvalue weighted by molar-refractivity contribution is 6.73. The summed E-state index contributed by atoms with van der Waals surface area (Å²) in [5.74, 6) is -1.28. The number of hydrogen-bond acceptors (Lipinski definition) is 9. The summed E-state index contributed by atoms with van der Waals surface area (Å²) in [5, 5.41) is 11.4. The highest BCUT2D eigenvalue weighted by atomic mass is 28.4. The van der Waals surface area contributed by atoms with E-state index in [9.17, 15) is 19.7 Å². The monoisotopic (exact) mass is 469 g/mol. The Bertz CT molecular complexity index is 806. The van der Waals surface area contributed by atoms with Crippen LogP contribution in [0.2, 0.25) is 18.1 Å². The van der Waals surface area contributed by atoms with E-state index in [4.69, 9.17) is 23.4 Å². The second kappa shape index (κ2) is 11.4. The number of nitro groups is 1. The van der Waals surface area contributed by atoms with Crippen molar-refractivity contribution in [2.24, 2.45) is 0 Å². The Balaban J connectivity index is 2.39. The maximum atomic E-state index is 11.9. The molecule has 0 unspecified atom stereocenters. The van der Waals surface area contributed by atoms with Gasteiger partial charge in [-0.2, -0.15) is 0 Å². The Labute approximate surface area is 188 Å². The van der Waals surface area contributed by atoms with Crippen LogP contribution in [0.1, 0.15) is 34.6 Å². The van der Waals surface area contributed by atoms with E-state index in [1.165, 1.54) is 32.0 Å². The van der Waals surface area contributed by atoms with Crippen LogP contribution in [0.15, 0.2) is 24.3 Å². The Morgan fingerprint density at radius 3 is 2.16 bits per heavy atom. The highest BCUT2D eigenvalue weighted by Crippen LogP contribution is 2.33. The van der Waals surface area contributed by atoms with Crippen LogP contribution < -0.4 is 4.74 Å². The first-order valence-corrected chi connectivity index (χ1v) is 13.2. The molecule has 0 amide bonds. The molecule has 10 nitrogen and oxygen atoms in total. The van der Waals surface area contributed by atoms with Gasteiger partial charge in [-0.05, 0) is 24.2 Å². The number of ether oxygens (including phenoxy) is 4. The fraction of sp³-hybridized carbons (Fsp3) is 0.619. The summed E-state index contributed by atoms with van der Waals surface area (Å²) in [7, 11) is -2.13. The Morgan fingerprint density at radius 1 is 1.06 bits per heavy atom. The predicted octanol–water partition coefficient (Wildman–Crippen LogP) is 3.58. The fourth-order valence-electron chi connectivity index (χ4n) is 3.75. The molecule has 0 radical (unpaired) electrons. The van der Waals surface area contributed by atoms with E-state index in [-0.39, 0.29) is 18.0 Å². The lowest BCUT2D eigenvalue weighted by atomic mass is 10.0. The zero-order valence-electron chi connectivity index (χ0n) is 19.1. The van der Waals surface area contributed by atoms with Gasteiger partial charge in [0, 0.05) is 19.9 Å². The molecule has 11 heteroatoms. The van der Waals surface area contributed by atoms with Crippen LogP contribution in [-0.4, -0.2) is 56.4 Å². The van der Waals surface area contributed by atoms with Crippen molar-refractivity contribution in [2.45, 2.75) is 77.4 Å². The van der Waals surface area contributed by atoms with Crippen LogP contribution in [0.3, 0.4) is 0 Å². The van der Waals surface area contributed by atoms with E-state index < -0.39 is 49.8 Å². The predicted molar refractivity (Wildman–Crippen MR) is 117 cm³/mol. The second-order valence-electron chi connectivity index (χ2n) is 7.59. The van der Waals surface area contributed by atoms with Gasteiger partial charge in [-0.3, -0.25) is 19.7 Å². The van der Waals surface area contributed by atoms with Crippen molar-refractivity contribution < 1.29 is 37.9 Å².